The first-order valence-electron chi connectivity index (χ1n) is 5.53. The normalized spacial score (nSPS) is 9.84. The van der Waals surface area contributed by atoms with Crippen LogP contribution in [0.25, 0.3) is 10.4 Å². The van der Waals surface area contributed by atoms with Gasteiger partial charge in [0.1, 0.15) is 28.5 Å². The minimum absolute atomic E-state index is 0.181. The second-order valence-electron chi connectivity index (χ2n) is 3.56. The Morgan fingerprint density at radius 3 is 2.63 bits per heavy atom. The molecule has 0 bridgehead atoms. The number of nitriles is 2. The summed E-state index contributed by atoms with van der Waals surface area (Å²) in [6.07, 6.45) is 0. The zero-order chi connectivity index (χ0) is 13.8. The summed E-state index contributed by atoms with van der Waals surface area (Å²) in [6.45, 7) is 1.98. The van der Waals surface area contributed by atoms with Crippen LogP contribution in [0.1, 0.15) is 18.1 Å². The molecule has 4 nitrogen and oxygen atoms in total. The van der Waals surface area contributed by atoms with Crippen molar-refractivity contribution in [2.24, 2.45) is 0 Å². The number of nitrogens with zero attached hydrogens (tertiary/aromatic N) is 3. The van der Waals surface area contributed by atoms with Crippen LogP contribution in [-0.2, 0) is 0 Å². The summed E-state index contributed by atoms with van der Waals surface area (Å²) in [5.74, 6) is 0.970. The third-order valence-corrected chi connectivity index (χ3v) is 4.21. The molecular weight excluding hydrogens is 276 g/mol. The maximum Gasteiger partial charge on any atom is 0.143 e. The summed E-state index contributed by atoms with van der Waals surface area (Å²) < 4.78 is 0. The van der Waals surface area contributed by atoms with Crippen LogP contribution in [0.2, 0.25) is 0 Å². The van der Waals surface area contributed by atoms with Gasteiger partial charge in [-0.05, 0) is 17.2 Å². The van der Waals surface area contributed by atoms with Crippen LogP contribution in [-0.4, -0.2) is 10.7 Å². The van der Waals surface area contributed by atoms with Crippen molar-refractivity contribution >= 4 is 28.9 Å². The van der Waals surface area contributed by atoms with Gasteiger partial charge in [0.15, 0.2) is 0 Å². The van der Waals surface area contributed by atoms with Crippen LogP contribution in [0.5, 0.6) is 0 Å². The summed E-state index contributed by atoms with van der Waals surface area (Å²) in [6, 6.07) is 7.97. The van der Waals surface area contributed by atoms with Crippen molar-refractivity contribution in [2.75, 3.05) is 11.5 Å². The van der Waals surface area contributed by atoms with E-state index in [9.17, 15) is 10.5 Å². The second-order valence-corrected chi connectivity index (χ2v) is 5.76. The fourth-order valence-corrected chi connectivity index (χ4v) is 3.22. The molecule has 2 N–H and O–H groups in total. The van der Waals surface area contributed by atoms with Crippen molar-refractivity contribution in [3.63, 3.8) is 0 Å². The maximum absolute atomic E-state index is 9.39. The Labute approximate surface area is 119 Å². The lowest BCUT2D eigenvalue weighted by molar-refractivity contribution is 1.12. The van der Waals surface area contributed by atoms with E-state index in [0.717, 1.165) is 10.6 Å². The molecule has 0 saturated heterocycles. The number of anilines is 1. The molecule has 94 valence electrons. The SMILES string of the molecule is CCSc1nc(N)c(C#N)c(-c2cccs2)c1C#N. The van der Waals surface area contributed by atoms with Crippen LogP contribution in [0.3, 0.4) is 0 Å². The molecule has 0 aliphatic rings. The van der Waals surface area contributed by atoms with Crippen LogP contribution >= 0.6 is 23.1 Å². The van der Waals surface area contributed by atoms with Gasteiger partial charge >= 0.3 is 0 Å². The number of nitrogen functional groups attached to an aromatic ring is 1. The molecule has 6 heteroatoms. The lowest BCUT2D eigenvalue weighted by Crippen LogP contribution is -2.02. The molecule has 2 aromatic rings. The highest BCUT2D eigenvalue weighted by molar-refractivity contribution is 7.99. The Balaban J connectivity index is 2.81. The number of thioether (sulfide) groups is 1. The number of pyridine rings is 1. The van der Waals surface area contributed by atoms with E-state index >= 15 is 0 Å². The lowest BCUT2D eigenvalue weighted by Gasteiger charge is -2.10. The van der Waals surface area contributed by atoms with Gasteiger partial charge in [-0.3, -0.25) is 0 Å². The molecule has 2 rings (SSSR count). The number of rotatable bonds is 3. The molecule has 0 radical (unpaired) electrons. The van der Waals surface area contributed by atoms with Crippen LogP contribution in [0.15, 0.2) is 22.5 Å². The van der Waals surface area contributed by atoms with Gasteiger partial charge in [-0.1, -0.05) is 13.0 Å². The average Bonchev–Trinajstić information content (AvgIpc) is 2.92. The van der Waals surface area contributed by atoms with Gasteiger partial charge in [0.2, 0.25) is 0 Å². The Hall–Kier alpha value is -2.02. The van der Waals surface area contributed by atoms with E-state index < -0.39 is 0 Å². The fourth-order valence-electron chi connectivity index (χ4n) is 1.71. The van der Waals surface area contributed by atoms with Gasteiger partial charge in [0.05, 0.1) is 5.56 Å². The van der Waals surface area contributed by atoms with Crippen molar-refractivity contribution in [3.8, 4) is 22.6 Å². The molecule has 0 saturated carbocycles. The monoisotopic (exact) mass is 286 g/mol. The molecular formula is C13H10N4S2. The molecule has 2 heterocycles. The summed E-state index contributed by atoms with van der Waals surface area (Å²) in [4.78, 5) is 5.04. The quantitative estimate of drug-likeness (QED) is 0.875. The van der Waals surface area contributed by atoms with E-state index in [1.54, 1.807) is 0 Å². The topological polar surface area (TPSA) is 86.5 Å². The van der Waals surface area contributed by atoms with Crippen molar-refractivity contribution in [1.82, 2.24) is 4.98 Å². The number of hydrogen-bond donors (Lipinski definition) is 1. The predicted octanol–water partition coefficient (Wildman–Crippen LogP) is 3.25. The number of hydrogen-bond acceptors (Lipinski definition) is 6. The zero-order valence-electron chi connectivity index (χ0n) is 10.2. The average molecular weight is 286 g/mol. The molecule has 0 aliphatic carbocycles. The molecule has 2 aromatic heterocycles. The fraction of sp³-hybridized carbons (Fsp3) is 0.154. The summed E-state index contributed by atoms with van der Waals surface area (Å²) in [7, 11) is 0. The van der Waals surface area contributed by atoms with Crippen molar-refractivity contribution in [2.45, 2.75) is 11.9 Å². The molecule has 0 aromatic carbocycles. The summed E-state index contributed by atoms with van der Waals surface area (Å²) in [5.41, 5.74) is 7.15. The van der Waals surface area contributed by atoms with Crippen LogP contribution in [0, 0.1) is 22.7 Å². The van der Waals surface area contributed by atoms with E-state index in [4.69, 9.17) is 5.73 Å². The summed E-state index contributed by atoms with van der Waals surface area (Å²) in [5, 5.41) is 21.1. The number of nitrogens with two attached hydrogens (primary N) is 1. The van der Waals surface area contributed by atoms with Crippen molar-refractivity contribution in [1.29, 1.82) is 10.5 Å². The van der Waals surface area contributed by atoms with E-state index in [0.29, 0.717) is 16.2 Å². The third kappa shape index (κ3) is 2.41. The Bertz CT molecular complexity index is 678. The highest BCUT2D eigenvalue weighted by atomic mass is 32.2. The predicted molar refractivity (Wildman–Crippen MR) is 77.8 cm³/mol. The Morgan fingerprint density at radius 2 is 2.11 bits per heavy atom. The molecule has 0 amide bonds. The lowest BCUT2D eigenvalue weighted by atomic mass is 10.0. The Morgan fingerprint density at radius 1 is 1.37 bits per heavy atom. The van der Waals surface area contributed by atoms with Crippen LogP contribution in [0.4, 0.5) is 5.82 Å². The molecule has 0 atom stereocenters. The molecule has 0 unspecified atom stereocenters. The van der Waals surface area contributed by atoms with E-state index in [1.165, 1.54) is 23.1 Å². The maximum atomic E-state index is 9.39. The van der Waals surface area contributed by atoms with Gasteiger partial charge in [0.25, 0.3) is 0 Å². The van der Waals surface area contributed by atoms with Gasteiger partial charge < -0.3 is 5.73 Å². The summed E-state index contributed by atoms with van der Waals surface area (Å²) >= 11 is 2.93. The largest absolute Gasteiger partial charge is 0.383 e. The van der Waals surface area contributed by atoms with Gasteiger partial charge in [0, 0.05) is 10.4 Å². The van der Waals surface area contributed by atoms with Gasteiger partial charge in [-0.15, -0.1) is 23.1 Å². The molecule has 19 heavy (non-hydrogen) atoms. The first-order valence-corrected chi connectivity index (χ1v) is 7.39. The number of thiophene rings is 1. The van der Waals surface area contributed by atoms with E-state index in [-0.39, 0.29) is 11.4 Å². The highest BCUT2D eigenvalue weighted by Gasteiger charge is 2.20. The van der Waals surface area contributed by atoms with Crippen molar-refractivity contribution < 1.29 is 0 Å². The smallest absolute Gasteiger partial charge is 0.143 e. The second kappa shape index (κ2) is 5.75. The molecule has 0 spiro atoms. The van der Waals surface area contributed by atoms with Crippen LogP contribution < -0.4 is 5.73 Å². The first-order chi connectivity index (χ1) is 9.22. The van der Waals surface area contributed by atoms with Crippen molar-refractivity contribution in [3.05, 3.63) is 28.6 Å². The Kier molecular flexibility index (Phi) is 4.06. The zero-order valence-corrected chi connectivity index (χ0v) is 11.8. The molecule has 0 aliphatic heterocycles. The van der Waals surface area contributed by atoms with E-state index in [1.807, 2.05) is 24.4 Å². The highest BCUT2D eigenvalue weighted by Crippen LogP contribution is 2.37. The number of aromatic nitrogens is 1. The third-order valence-electron chi connectivity index (χ3n) is 2.46. The first kappa shape index (κ1) is 13.4. The minimum Gasteiger partial charge on any atom is -0.383 e. The van der Waals surface area contributed by atoms with E-state index in [2.05, 4.69) is 17.1 Å². The van der Waals surface area contributed by atoms with Gasteiger partial charge in [-0.2, -0.15) is 10.5 Å². The van der Waals surface area contributed by atoms with Gasteiger partial charge in [-0.25, -0.2) is 4.98 Å². The standard InChI is InChI=1S/C13H10N4S2/c1-2-18-13-9(7-15)11(10-4-3-5-19-10)8(6-14)12(16)17-13/h3-5H,2H2,1H3,(H2,16,17). The minimum atomic E-state index is 0.181. The molecule has 0 fully saturated rings.